The summed E-state index contributed by atoms with van der Waals surface area (Å²) >= 11 is 0. The van der Waals surface area contributed by atoms with E-state index in [-0.39, 0.29) is 0 Å². The van der Waals surface area contributed by atoms with Crippen molar-refractivity contribution in [2.45, 2.75) is 25.7 Å². The van der Waals surface area contributed by atoms with E-state index in [1.807, 2.05) is 12.1 Å². The monoisotopic (exact) mass is 264 g/mol. The molecular formula is C19H20O. The van der Waals surface area contributed by atoms with Gasteiger partial charge in [-0.1, -0.05) is 48.5 Å². The minimum Gasteiger partial charge on any atom is -0.496 e. The molecule has 0 fully saturated rings. The first-order chi connectivity index (χ1) is 9.90. The van der Waals surface area contributed by atoms with Crippen molar-refractivity contribution in [3.8, 4) is 16.9 Å². The maximum atomic E-state index is 5.52. The minimum absolute atomic E-state index is 0.941. The molecule has 0 saturated heterocycles. The van der Waals surface area contributed by atoms with Crippen LogP contribution >= 0.6 is 0 Å². The molecule has 0 spiro atoms. The topological polar surface area (TPSA) is 9.23 Å². The lowest BCUT2D eigenvalue weighted by atomic mass is 9.88. The van der Waals surface area contributed by atoms with Gasteiger partial charge in [0.05, 0.1) is 7.11 Å². The Labute approximate surface area is 120 Å². The number of ether oxygens (including phenoxy) is 1. The van der Waals surface area contributed by atoms with Crippen LogP contribution < -0.4 is 4.74 Å². The first-order valence-corrected chi connectivity index (χ1v) is 7.32. The molecule has 0 aliphatic heterocycles. The van der Waals surface area contributed by atoms with Crippen LogP contribution in [0, 0.1) is 0 Å². The average molecular weight is 264 g/mol. The Bertz CT molecular complexity index is 625. The van der Waals surface area contributed by atoms with Gasteiger partial charge in [-0.05, 0) is 48.4 Å². The van der Waals surface area contributed by atoms with Crippen molar-refractivity contribution in [1.29, 1.82) is 0 Å². The van der Waals surface area contributed by atoms with E-state index in [0.717, 1.165) is 5.75 Å². The van der Waals surface area contributed by atoms with Gasteiger partial charge in [-0.25, -0.2) is 0 Å². The molecule has 0 unspecified atom stereocenters. The van der Waals surface area contributed by atoms with Gasteiger partial charge in [0.25, 0.3) is 0 Å². The minimum atomic E-state index is 0.941. The average Bonchev–Trinajstić information content (AvgIpc) is 2.55. The summed E-state index contributed by atoms with van der Waals surface area (Å²) in [6.07, 6.45) is 7.41. The number of methoxy groups -OCH3 is 1. The predicted molar refractivity (Wildman–Crippen MR) is 84.9 cm³/mol. The summed E-state index contributed by atoms with van der Waals surface area (Å²) < 4.78 is 5.52. The molecule has 0 bridgehead atoms. The van der Waals surface area contributed by atoms with Gasteiger partial charge in [0.15, 0.2) is 0 Å². The van der Waals surface area contributed by atoms with Crippen LogP contribution in [0.4, 0.5) is 0 Å². The van der Waals surface area contributed by atoms with Gasteiger partial charge in [-0.3, -0.25) is 0 Å². The Morgan fingerprint density at radius 1 is 0.800 bits per heavy atom. The van der Waals surface area contributed by atoms with Gasteiger partial charge < -0.3 is 4.74 Å². The molecule has 20 heavy (non-hydrogen) atoms. The van der Waals surface area contributed by atoms with Crippen molar-refractivity contribution < 1.29 is 4.74 Å². The molecule has 1 aliphatic carbocycles. The van der Waals surface area contributed by atoms with E-state index in [1.54, 1.807) is 7.11 Å². The Hall–Kier alpha value is -2.02. The fraction of sp³-hybridized carbons (Fsp3) is 0.263. The second-order valence-electron chi connectivity index (χ2n) is 5.22. The van der Waals surface area contributed by atoms with Crippen LogP contribution in [0.3, 0.4) is 0 Å². The largest absolute Gasteiger partial charge is 0.496 e. The summed E-state index contributed by atoms with van der Waals surface area (Å²) in [5, 5.41) is 0. The highest BCUT2D eigenvalue weighted by atomic mass is 16.5. The van der Waals surface area contributed by atoms with Crippen molar-refractivity contribution in [2.75, 3.05) is 7.11 Å². The molecule has 1 nitrogen and oxygen atoms in total. The Kier molecular flexibility index (Phi) is 3.87. The quantitative estimate of drug-likeness (QED) is 0.729. The molecule has 0 amide bonds. The van der Waals surface area contributed by atoms with Crippen molar-refractivity contribution in [2.24, 2.45) is 0 Å². The molecule has 0 atom stereocenters. The van der Waals surface area contributed by atoms with E-state index in [0.29, 0.717) is 0 Å². The summed E-state index contributed by atoms with van der Waals surface area (Å²) in [5.74, 6) is 0.941. The molecule has 1 heteroatoms. The first kappa shape index (κ1) is 13.0. The molecule has 0 N–H and O–H groups in total. The first-order valence-electron chi connectivity index (χ1n) is 7.32. The molecule has 3 rings (SSSR count). The second kappa shape index (κ2) is 5.96. The highest BCUT2D eigenvalue weighted by Gasteiger charge is 2.13. The van der Waals surface area contributed by atoms with Crippen LogP contribution in [-0.4, -0.2) is 7.11 Å². The SMILES string of the molecule is COc1ccccc1-c1ccccc1C1=CCCCC1. The van der Waals surface area contributed by atoms with Gasteiger partial charge in [0.1, 0.15) is 5.75 Å². The fourth-order valence-electron chi connectivity index (χ4n) is 2.95. The molecule has 0 saturated carbocycles. The Morgan fingerprint density at radius 2 is 1.50 bits per heavy atom. The van der Waals surface area contributed by atoms with Crippen molar-refractivity contribution in [1.82, 2.24) is 0 Å². The van der Waals surface area contributed by atoms with Gasteiger partial charge in [0.2, 0.25) is 0 Å². The summed E-state index contributed by atoms with van der Waals surface area (Å²) in [7, 11) is 1.74. The third-order valence-corrected chi connectivity index (χ3v) is 3.96. The van der Waals surface area contributed by atoms with Gasteiger partial charge in [0, 0.05) is 5.56 Å². The third kappa shape index (κ3) is 2.49. The van der Waals surface area contributed by atoms with Crippen LogP contribution in [0.1, 0.15) is 31.2 Å². The van der Waals surface area contributed by atoms with Crippen molar-refractivity contribution >= 4 is 5.57 Å². The predicted octanol–water partition coefficient (Wildman–Crippen LogP) is 5.32. The van der Waals surface area contributed by atoms with E-state index in [1.165, 1.54) is 47.9 Å². The van der Waals surface area contributed by atoms with E-state index in [9.17, 15) is 0 Å². The van der Waals surface area contributed by atoms with Gasteiger partial charge in [-0.15, -0.1) is 0 Å². The van der Waals surface area contributed by atoms with Crippen LogP contribution in [0.5, 0.6) is 5.75 Å². The highest BCUT2D eigenvalue weighted by Crippen LogP contribution is 2.37. The normalized spacial score (nSPS) is 14.8. The van der Waals surface area contributed by atoms with Gasteiger partial charge in [-0.2, -0.15) is 0 Å². The maximum Gasteiger partial charge on any atom is 0.126 e. The number of allylic oxidation sites excluding steroid dienone is 2. The lowest BCUT2D eigenvalue weighted by Crippen LogP contribution is -1.96. The number of rotatable bonds is 3. The number of hydrogen-bond donors (Lipinski definition) is 0. The zero-order valence-electron chi connectivity index (χ0n) is 11.9. The highest BCUT2D eigenvalue weighted by molar-refractivity contribution is 5.84. The van der Waals surface area contributed by atoms with E-state index in [4.69, 9.17) is 4.74 Å². The molecule has 2 aromatic carbocycles. The number of hydrogen-bond acceptors (Lipinski definition) is 1. The smallest absolute Gasteiger partial charge is 0.126 e. The van der Waals surface area contributed by atoms with E-state index >= 15 is 0 Å². The second-order valence-corrected chi connectivity index (χ2v) is 5.22. The maximum absolute atomic E-state index is 5.52. The molecule has 1 aliphatic rings. The summed E-state index contributed by atoms with van der Waals surface area (Å²) in [6.45, 7) is 0. The fourth-order valence-corrected chi connectivity index (χ4v) is 2.95. The summed E-state index contributed by atoms with van der Waals surface area (Å²) in [5.41, 5.74) is 5.30. The summed E-state index contributed by atoms with van der Waals surface area (Å²) in [4.78, 5) is 0. The van der Waals surface area contributed by atoms with E-state index < -0.39 is 0 Å². The lowest BCUT2D eigenvalue weighted by molar-refractivity contribution is 0.416. The Morgan fingerprint density at radius 3 is 2.20 bits per heavy atom. The standard InChI is InChI=1S/C19H20O/c1-20-19-14-8-7-13-18(19)17-12-6-5-11-16(17)15-9-3-2-4-10-15/h5-9,11-14H,2-4,10H2,1H3. The molecular weight excluding hydrogens is 244 g/mol. The van der Waals surface area contributed by atoms with Crippen LogP contribution in [0.15, 0.2) is 54.6 Å². The number of para-hydroxylation sites is 1. The molecule has 0 radical (unpaired) electrons. The summed E-state index contributed by atoms with van der Waals surface area (Å²) in [6, 6.07) is 16.9. The molecule has 0 heterocycles. The van der Waals surface area contributed by atoms with Crippen LogP contribution in [-0.2, 0) is 0 Å². The van der Waals surface area contributed by atoms with E-state index in [2.05, 4.69) is 42.5 Å². The van der Waals surface area contributed by atoms with Gasteiger partial charge >= 0.3 is 0 Å². The van der Waals surface area contributed by atoms with Crippen molar-refractivity contribution in [3.63, 3.8) is 0 Å². The molecule has 102 valence electrons. The zero-order chi connectivity index (χ0) is 13.8. The van der Waals surface area contributed by atoms with Crippen LogP contribution in [0.25, 0.3) is 16.7 Å². The Balaban J connectivity index is 2.12. The van der Waals surface area contributed by atoms with Crippen LogP contribution in [0.2, 0.25) is 0 Å². The zero-order valence-corrected chi connectivity index (χ0v) is 11.9. The number of benzene rings is 2. The molecule has 2 aromatic rings. The third-order valence-electron chi connectivity index (χ3n) is 3.96. The van der Waals surface area contributed by atoms with Crippen molar-refractivity contribution in [3.05, 3.63) is 60.2 Å². The lowest BCUT2D eigenvalue weighted by Gasteiger charge is -2.18. The molecule has 0 aromatic heterocycles.